The lowest BCUT2D eigenvalue weighted by Gasteiger charge is -2.31. The van der Waals surface area contributed by atoms with E-state index in [2.05, 4.69) is 5.32 Å². The number of nitrogens with zero attached hydrogens (tertiary/aromatic N) is 1. The third-order valence-electron chi connectivity index (χ3n) is 4.28. The fourth-order valence-electron chi connectivity index (χ4n) is 2.89. The lowest BCUT2D eigenvalue weighted by molar-refractivity contribution is -0.122. The molecule has 1 N–H and O–H groups in total. The van der Waals surface area contributed by atoms with E-state index in [1.54, 1.807) is 12.1 Å². The molecule has 140 valence electrons. The number of anilines is 1. The Morgan fingerprint density at radius 2 is 1.65 bits per heavy atom. The summed E-state index contributed by atoms with van der Waals surface area (Å²) in [6, 6.07) is 15.7. The van der Waals surface area contributed by atoms with E-state index in [9.17, 15) is 13.2 Å². The molecule has 0 saturated heterocycles. The van der Waals surface area contributed by atoms with Gasteiger partial charge in [-0.05, 0) is 38.0 Å². The van der Waals surface area contributed by atoms with Crippen molar-refractivity contribution in [2.75, 3.05) is 10.6 Å². The summed E-state index contributed by atoms with van der Waals surface area (Å²) >= 11 is 0. The minimum absolute atomic E-state index is 0.211. The lowest BCUT2D eigenvalue weighted by Crippen LogP contribution is -2.49. The van der Waals surface area contributed by atoms with Crippen LogP contribution in [0, 0.1) is 6.92 Å². The largest absolute Gasteiger partial charge is 0.348 e. The third kappa shape index (κ3) is 4.85. The number of aryl methyl sites for hydroxylation is 1. The maximum atomic E-state index is 12.9. The molecule has 2 rings (SSSR count). The maximum Gasteiger partial charge on any atom is 0.244 e. The van der Waals surface area contributed by atoms with E-state index in [1.807, 2.05) is 63.2 Å². The first-order valence-corrected chi connectivity index (χ1v) is 10.5. The van der Waals surface area contributed by atoms with Gasteiger partial charge in [0.1, 0.15) is 6.04 Å². The first-order chi connectivity index (χ1) is 12.2. The van der Waals surface area contributed by atoms with Crippen LogP contribution in [0.4, 0.5) is 5.69 Å². The molecule has 0 spiro atoms. The minimum Gasteiger partial charge on any atom is -0.348 e. The Morgan fingerprint density at radius 1 is 1.08 bits per heavy atom. The number of nitrogens with one attached hydrogen (secondary N) is 1. The Balaban J connectivity index is 2.29. The summed E-state index contributed by atoms with van der Waals surface area (Å²) in [6.45, 7) is 5.63. The Morgan fingerprint density at radius 3 is 2.15 bits per heavy atom. The first-order valence-electron chi connectivity index (χ1n) is 8.65. The van der Waals surface area contributed by atoms with Gasteiger partial charge in [0.05, 0.1) is 18.0 Å². The molecule has 0 unspecified atom stereocenters. The van der Waals surface area contributed by atoms with E-state index in [-0.39, 0.29) is 11.9 Å². The zero-order valence-corrected chi connectivity index (χ0v) is 16.5. The van der Waals surface area contributed by atoms with Crippen LogP contribution < -0.4 is 9.62 Å². The van der Waals surface area contributed by atoms with Gasteiger partial charge >= 0.3 is 0 Å². The molecule has 0 fully saturated rings. The first kappa shape index (κ1) is 20.0. The summed E-state index contributed by atoms with van der Waals surface area (Å²) in [5, 5.41) is 2.94. The standard InChI is InChI=1S/C20H26N2O3S/c1-5-19(20(23)21-16(3)17-9-7-6-8-10-17)22(26(4,24)25)18-13-11-15(2)12-14-18/h6-14,16,19H,5H2,1-4H3,(H,21,23)/t16-,19+/m1/s1. The maximum absolute atomic E-state index is 12.9. The highest BCUT2D eigenvalue weighted by Crippen LogP contribution is 2.23. The van der Waals surface area contributed by atoms with Crippen molar-refractivity contribution in [3.8, 4) is 0 Å². The van der Waals surface area contributed by atoms with Crippen molar-refractivity contribution in [2.24, 2.45) is 0 Å². The van der Waals surface area contributed by atoms with Crippen LogP contribution in [-0.4, -0.2) is 26.6 Å². The number of sulfonamides is 1. The fraction of sp³-hybridized carbons (Fsp3) is 0.350. The van der Waals surface area contributed by atoms with Crippen molar-refractivity contribution in [3.63, 3.8) is 0 Å². The van der Waals surface area contributed by atoms with Gasteiger partial charge in [0.15, 0.2) is 0 Å². The van der Waals surface area contributed by atoms with Crippen LogP contribution >= 0.6 is 0 Å². The van der Waals surface area contributed by atoms with E-state index in [4.69, 9.17) is 0 Å². The number of carbonyl (C=O) groups excluding carboxylic acids is 1. The summed E-state index contributed by atoms with van der Waals surface area (Å²) in [4.78, 5) is 12.9. The summed E-state index contributed by atoms with van der Waals surface area (Å²) in [6.07, 6.45) is 1.50. The quantitative estimate of drug-likeness (QED) is 0.807. The van der Waals surface area contributed by atoms with Crippen LogP contribution in [0.25, 0.3) is 0 Å². The van der Waals surface area contributed by atoms with Gasteiger partial charge in [-0.2, -0.15) is 0 Å². The highest BCUT2D eigenvalue weighted by molar-refractivity contribution is 7.92. The van der Waals surface area contributed by atoms with Gasteiger partial charge in [-0.3, -0.25) is 9.10 Å². The smallest absolute Gasteiger partial charge is 0.244 e. The number of amides is 1. The van der Waals surface area contributed by atoms with Gasteiger partial charge in [0, 0.05) is 0 Å². The summed E-state index contributed by atoms with van der Waals surface area (Å²) in [5.41, 5.74) is 2.49. The number of benzene rings is 2. The predicted octanol–water partition coefficient (Wildman–Crippen LogP) is 3.42. The molecule has 0 heterocycles. The van der Waals surface area contributed by atoms with E-state index < -0.39 is 16.1 Å². The molecule has 0 bridgehead atoms. The Labute approximate surface area is 156 Å². The molecule has 2 aromatic carbocycles. The average molecular weight is 375 g/mol. The van der Waals surface area contributed by atoms with Crippen molar-refractivity contribution in [3.05, 3.63) is 65.7 Å². The van der Waals surface area contributed by atoms with Crippen LogP contribution in [0.1, 0.15) is 37.4 Å². The van der Waals surface area contributed by atoms with Crippen molar-refractivity contribution in [1.82, 2.24) is 5.32 Å². The van der Waals surface area contributed by atoms with Crippen LogP contribution in [0.5, 0.6) is 0 Å². The number of carbonyl (C=O) groups is 1. The second kappa shape index (κ2) is 8.36. The van der Waals surface area contributed by atoms with E-state index in [1.165, 1.54) is 4.31 Å². The Kier molecular flexibility index (Phi) is 6.42. The number of rotatable bonds is 7. The Hall–Kier alpha value is -2.34. The average Bonchev–Trinajstić information content (AvgIpc) is 2.60. The van der Waals surface area contributed by atoms with Crippen molar-refractivity contribution in [1.29, 1.82) is 0 Å². The molecule has 26 heavy (non-hydrogen) atoms. The van der Waals surface area contributed by atoms with E-state index >= 15 is 0 Å². The summed E-state index contributed by atoms with van der Waals surface area (Å²) in [5.74, 6) is -0.310. The second-order valence-corrected chi connectivity index (χ2v) is 8.32. The van der Waals surface area contributed by atoms with Crippen LogP contribution in [0.15, 0.2) is 54.6 Å². The van der Waals surface area contributed by atoms with Gasteiger partial charge in [-0.15, -0.1) is 0 Å². The highest BCUT2D eigenvalue weighted by atomic mass is 32.2. The molecule has 1 amide bonds. The van der Waals surface area contributed by atoms with Crippen molar-refractivity contribution >= 4 is 21.6 Å². The number of hydrogen-bond acceptors (Lipinski definition) is 3. The van der Waals surface area contributed by atoms with Crippen LogP contribution in [0.3, 0.4) is 0 Å². The van der Waals surface area contributed by atoms with Gasteiger partial charge in [0.2, 0.25) is 15.9 Å². The second-order valence-electron chi connectivity index (χ2n) is 6.46. The molecular formula is C20H26N2O3S. The van der Waals surface area contributed by atoms with Crippen molar-refractivity contribution in [2.45, 2.75) is 39.3 Å². The molecular weight excluding hydrogens is 348 g/mol. The molecule has 6 heteroatoms. The molecule has 0 aliphatic carbocycles. The van der Waals surface area contributed by atoms with Crippen molar-refractivity contribution < 1.29 is 13.2 Å². The lowest BCUT2D eigenvalue weighted by atomic mass is 10.1. The molecule has 0 radical (unpaired) electrons. The fourth-order valence-corrected chi connectivity index (χ4v) is 4.10. The normalized spacial score (nSPS) is 13.7. The molecule has 0 aliphatic heterocycles. The SMILES string of the molecule is CC[C@@H](C(=O)N[C@H](C)c1ccccc1)N(c1ccc(C)cc1)S(C)(=O)=O. The third-order valence-corrected chi connectivity index (χ3v) is 5.46. The van der Waals surface area contributed by atoms with Gasteiger partial charge in [0.25, 0.3) is 0 Å². The molecule has 0 saturated carbocycles. The molecule has 0 aromatic heterocycles. The summed E-state index contributed by atoms with van der Waals surface area (Å²) in [7, 11) is -3.62. The van der Waals surface area contributed by atoms with Crippen LogP contribution in [-0.2, 0) is 14.8 Å². The Bertz CT molecular complexity index is 833. The van der Waals surface area contributed by atoms with Gasteiger partial charge in [-0.25, -0.2) is 8.42 Å². The number of hydrogen-bond donors (Lipinski definition) is 1. The topological polar surface area (TPSA) is 66.5 Å². The zero-order valence-electron chi connectivity index (χ0n) is 15.6. The predicted molar refractivity (Wildman–Crippen MR) is 106 cm³/mol. The minimum atomic E-state index is -3.62. The van der Waals surface area contributed by atoms with E-state index in [0.717, 1.165) is 17.4 Å². The molecule has 0 aliphatic rings. The molecule has 5 nitrogen and oxygen atoms in total. The zero-order chi connectivity index (χ0) is 19.3. The van der Waals surface area contributed by atoms with Gasteiger partial charge < -0.3 is 5.32 Å². The highest BCUT2D eigenvalue weighted by Gasteiger charge is 2.32. The van der Waals surface area contributed by atoms with Crippen LogP contribution in [0.2, 0.25) is 0 Å². The summed E-state index contributed by atoms with van der Waals surface area (Å²) < 4.78 is 26.1. The van der Waals surface area contributed by atoms with E-state index in [0.29, 0.717) is 12.1 Å². The molecule has 2 aromatic rings. The monoisotopic (exact) mass is 374 g/mol. The van der Waals surface area contributed by atoms with Gasteiger partial charge in [-0.1, -0.05) is 55.0 Å². The molecule has 2 atom stereocenters.